The fraction of sp³-hybridized carbons (Fsp3) is 0.0769. The predicted molar refractivity (Wildman–Crippen MR) is 66.7 cm³/mol. The van der Waals surface area contributed by atoms with E-state index in [1.807, 2.05) is 28.9 Å². The van der Waals surface area contributed by atoms with Gasteiger partial charge in [-0.2, -0.15) is 0 Å². The van der Waals surface area contributed by atoms with E-state index in [0.717, 1.165) is 11.4 Å². The molecule has 3 rings (SSSR count). The number of fused-ring (bicyclic) bond motifs is 1. The topological polar surface area (TPSA) is 42.2 Å². The van der Waals surface area contributed by atoms with Crippen molar-refractivity contribution < 1.29 is 4.39 Å². The van der Waals surface area contributed by atoms with E-state index in [1.54, 1.807) is 12.3 Å². The number of nitrogens with zero attached hydrogens (tertiary/aromatic N) is 3. The van der Waals surface area contributed by atoms with Crippen LogP contribution in [0.1, 0.15) is 5.69 Å². The average molecular weight is 242 g/mol. The molecule has 0 unspecified atom stereocenters. The Hall–Kier alpha value is -2.43. The van der Waals surface area contributed by atoms with Crippen LogP contribution in [0.15, 0.2) is 48.9 Å². The summed E-state index contributed by atoms with van der Waals surface area (Å²) in [5.41, 5.74) is 1.60. The van der Waals surface area contributed by atoms with Crippen molar-refractivity contribution in [1.82, 2.24) is 14.4 Å². The van der Waals surface area contributed by atoms with Crippen LogP contribution in [-0.2, 0) is 6.54 Å². The van der Waals surface area contributed by atoms with Crippen molar-refractivity contribution in [3.05, 3.63) is 60.4 Å². The lowest BCUT2D eigenvalue weighted by atomic mass is 10.3. The Kier molecular flexibility index (Phi) is 2.64. The molecule has 5 heteroatoms. The molecular formula is C13H11FN4. The molecule has 2 aromatic heterocycles. The van der Waals surface area contributed by atoms with Crippen LogP contribution in [-0.4, -0.2) is 14.4 Å². The van der Waals surface area contributed by atoms with Crippen molar-refractivity contribution in [3.8, 4) is 0 Å². The highest BCUT2D eigenvalue weighted by atomic mass is 19.1. The van der Waals surface area contributed by atoms with Crippen LogP contribution in [0.3, 0.4) is 0 Å². The van der Waals surface area contributed by atoms with Crippen molar-refractivity contribution in [2.75, 3.05) is 5.32 Å². The lowest BCUT2D eigenvalue weighted by Gasteiger charge is -2.03. The van der Waals surface area contributed by atoms with Crippen LogP contribution in [0, 0.1) is 5.82 Å². The second-order valence-electron chi connectivity index (χ2n) is 3.92. The van der Waals surface area contributed by atoms with Crippen molar-refractivity contribution in [2.45, 2.75) is 6.54 Å². The summed E-state index contributed by atoms with van der Waals surface area (Å²) in [6.45, 7) is 0.535. The van der Waals surface area contributed by atoms with E-state index >= 15 is 0 Å². The normalized spacial score (nSPS) is 10.7. The number of aromatic nitrogens is 3. The van der Waals surface area contributed by atoms with Crippen LogP contribution in [0.2, 0.25) is 0 Å². The molecule has 0 aliphatic heterocycles. The maximum atomic E-state index is 13.0. The van der Waals surface area contributed by atoms with Crippen LogP contribution in [0.25, 0.3) is 5.78 Å². The van der Waals surface area contributed by atoms with E-state index in [-0.39, 0.29) is 5.82 Å². The maximum absolute atomic E-state index is 13.0. The summed E-state index contributed by atoms with van der Waals surface area (Å²) in [6.07, 6.45) is 5.49. The molecule has 3 aromatic rings. The Morgan fingerprint density at radius 3 is 3.06 bits per heavy atom. The van der Waals surface area contributed by atoms with E-state index in [2.05, 4.69) is 15.3 Å². The number of nitrogens with one attached hydrogen (secondary N) is 1. The molecule has 0 aliphatic rings. The van der Waals surface area contributed by atoms with Crippen LogP contribution in [0.4, 0.5) is 10.1 Å². The van der Waals surface area contributed by atoms with E-state index in [1.165, 1.54) is 12.1 Å². The second-order valence-corrected chi connectivity index (χ2v) is 3.92. The maximum Gasteiger partial charge on any atom is 0.233 e. The SMILES string of the molecule is Fc1cccc(NCc2cn3cccnc3n2)c1. The van der Waals surface area contributed by atoms with Gasteiger partial charge >= 0.3 is 0 Å². The first-order valence-electron chi connectivity index (χ1n) is 5.59. The fourth-order valence-electron chi connectivity index (χ4n) is 1.76. The van der Waals surface area contributed by atoms with E-state index in [4.69, 9.17) is 0 Å². The van der Waals surface area contributed by atoms with Crippen LogP contribution >= 0.6 is 0 Å². The number of rotatable bonds is 3. The Labute approximate surface area is 103 Å². The standard InChI is InChI=1S/C13H11FN4/c14-10-3-1-4-11(7-10)16-8-12-9-18-6-2-5-15-13(18)17-12/h1-7,9,16H,8H2. The summed E-state index contributed by atoms with van der Waals surface area (Å²) < 4.78 is 14.8. The van der Waals surface area contributed by atoms with Gasteiger partial charge in [0.25, 0.3) is 0 Å². The predicted octanol–water partition coefficient (Wildman–Crippen LogP) is 2.48. The zero-order chi connectivity index (χ0) is 12.4. The molecule has 0 saturated heterocycles. The third kappa shape index (κ3) is 2.15. The van der Waals surface area contributed by atoms with Gasteiger partial charge in [0.05, 0.1) is 12.2 Å². The fourth-order valence-corrected chi connectivity index (χ4v) is 1.76. The van der Waals surface area contributed by atoms with Gasteiger partial charge < -0.3 is 5.32 Å². The molecule has 0 radical (unpaired) electrons. The van der Waals surface area contributed by atoms with Crippen molar-refractivity contribution in [1.29, 1.82) is 0 Å². The average Bonchev–Trinajstić information content (AvgIpc) is 2.79. The summed E-state index contributed by atoms with van der Waals surface area (Å²) in [6, 6.07) is 8.20. The molecule has 1 N–H and O–H groups in total. The summed E-state index contributed by atoms with van der Waals surface area (Å²) >= 11 is 0. The van der Waals surface area contributed by atoms with Gasteiger partial charge in [0.15, 0.2) is 0 Å². The Balaban J connectivity index is 1.76. The number of imidazole rings is 1. The first-order valence-corrected chi connectivity index (χ1v) is 5.59. The highest BCUT2D eigenvalue weighted by Gasteiger charge is 2.01. The molecule has 18 heavy (non-hydrogen) atoms. The first kappa shape index (κ1) is 10.7. The lowest BCUT2D eigenvalue weighted by Crippen LogP contribution is -1.99. The van der Waals surface area contributed by atoms with Crippen molar-refractivity contribution in [3.63, 3.8) is 0 Å². The van der Waals surface area contributed by atoms with Crippen LogP contribution in [0.5, 0.6) is 0 Å². The summed E-state index contributed by atoms with van der Waals surface area (Å²) in [5, 5.41) is 3.12. The summed E-state index contributed by atoms with van der Waals surface area (Å²) in [7, 11) is 0. The largest absolute Gasteiger partial charge is 0.379 e. The van der Waals surface area contributed by atoms with Gasteiger partial charge in [-0.15, -0.1) is 0 Å². The van der Waals surface area contributed by atoms with E-state index in [0.29, 0.717) is 12.3 Å². The van der Waals surface area contributed by atoms with Gasteiger partial charge in [0.2, 0.25) is 5.78 Å². The Morgan fingerprint density at radius 1 is 1.28 bits per heavy atom. The molecule has 1 aromatic carbocycles. The zero-order valence-corrected chi connectivity index (χ0v) is 9.55. The van der Waals surface area contributed by atoms with E-state index in [9.17, 15) is 4.39 Å². The summed E-state index contributed by atoms with van der Waals surface area (Å²) in [4.78, 5) is 8.48. The molecule has 0 saturated carbocycles. The molecule has 0 aliphatic carbocycles. The highest BCUT2D eigenvalue weighted by molar-refractivity contribution is 5.43. The Bertz CT molecular complexity index is 644. The van der Waals surface area contributed by atoms with Gasteiger partial charge in [-0.1, -0.05) is 6.07 Å². The third-order valence-corrected chi connectivity index (χ3v) is 2.58. The molecule has 0 fully saturated rings. The van der Waals surface area contributed by atoms with Gasteiger partial charge in [-0.05, 0) is 24.3 Å². The highest BCUT2D eigenvalue weighted by Crippen LogP contribution is 2.11. The molecular weight excluding hydrogens is 231 g/mol. The molecule has 0 bridgehead atoms. The molecule has 4 nitrogen and oxygen atoms in total. The van der Waals surface area contributed by atoms with Gasteiger partial charge in [0.1, 0.15) is 5.82 Å². The Morgan fingerprint density at radius 2 is 2.22 bits per heavy atom. The molecule has 90 valence electrons. The van der Waals surface area contributed by atoms with Crippen molar-refractivity contribution in [2.24, 2.45) is 0 Å². The number of halogens is 1. The van der Waals surface area contributed by atoms with E-state index < -0.39 is 0 Å². The molecule has 0 atom stereocenters. The van der Waals surface area contributed by atoms with Crippen molar-refractivity contribution >= 4 is 11.5 Å². The number of benzene rings is 1. The third-order valence-electron chi connectivity index (χ3n) is 2.58. The number of anilines is 1. The molecule has 2 heterocycles. The number of hydrogen-bond acceptors (Lipinski definition) is 3. The summed E-state index contributed by atoms with van der Waals surface area (Å²) in [5.74, 6) is 0.408. The monoisotopic (exact) mass is 242 g/mol. The van der Waals surface area contributed by atoms with Gasteiger partial charge in [0, 0.05) is 24.3 Å². The van der Waals surface area contributed by atoms with Gasteiger partial charge in [-0.25, -0.2) is 14.4 Å². The lowest BCUT2D eigenvalue weighted by molar-refractivity contribution is 0.628. The minimum atomic E-state index is -0.253. The zero-order valence-electron chi connectivity index (χ0n) is 9.55. The van der Waals surface area contributed by atoms with Gasteiger partial charge in [-0.3, -0.25) is 4.40 Å². The van der Waals surface area contributed by atoms with Crippen LogP contribution < -0.4 is 5.32 Å². The molecule has 0 spiro atoms. The first-order chi connectivity index (χ1) is 8.81. The molecule has 0 amide bonds. The minimum absolute atomic E-state index is 0.253. The quantitative estimate of drug-likeness (QED) is 0.767. The second kappa shape index (κ2) is 4.44. The number of hydrogen-bond donors (Lipinski definition) is 1. The smallest absolute Gasteiger partial charge is 0.233 e. The minimum Gasteiger partial charge on any atom is -0.379 e.